The maximum Gasteiger partial charge on any atom is 0.317 e. The van der Waals surface area contributed by atoms with E-state index < -0.39 is 0 Å². The van der Waals surface area contributed by atoms with E-state index in [9.17, 15) is 4.79 Å². The zero-order chi connectivity index (χ0) is 15.9. The van der Waals surface area contributed by atoms with Crippen LogP contribution in [0.2, 0.25) is 0 Å². The molecule has 0 aliphatic carbocycles. The van der Waals surface area contributed by atoms with Gasteiger partial charge >= 0.3 is 6.03 Å². The minimum Gasteiger partial charge on any atom is -0.383 e. The minimum absolute atomic E-state index is 0.0680. The van der Waals surface area contributed by atoms with Crippen LogP contribution in [0.5, 0.6) is 0 Å². The number of urea groups is 1. The van der Waals surface area contributed by atoms with Crippen LogP contribution in [0.25, 0.3) is 0 Å². The second-order valence-electron chi connectivity index (χ2n) is 5.93. The average molecular weight is 308 g/mol. The van der Waals surface area contributed by atoms with Crippen molar-refractivity contribution < 1.29 is 9.53 Å². The number of likely N-dealkylation sites (tertiary alicyclic amines) is 1. The van der Waals surface area contributed by atoms with Gasteiger partial charge in [0, 0.05) is 51.6 Å². The molecule has 1 fully saturated rings. The molecule has 1 saturated heterocycles. The Kier molecular flexibility index (Phi) is 6.24. The Morgan fingerprint density at radius 2 is 2.18 bits per heavy atom. The number of aromatic nitrogens is 2. The Balaban J connectivity index is 1.87. The Bertz CT molecular complexity index is 478. The van der Waals surface area contributed by atoms with E-state index in [4.69, 9.17) is 4.74 Å². The van der Waals surface area contributed by atoms with Crippen LogP contribution in [0.15, 0.2) is 6.20 Å². The summed E-state index contributed by atoms with van der Waals surface area (Å²) in [6, 6.07) is 0.0680. The fourth-order valence-corrected chi connectivity index (χ4v) is 3.02. The highest BCUT2D eigenvalue weighted by Crippen LogP contribution is 2.21. The second kappa shape index (κ2) is 8.17. The fraction of sp³-hybridized carbons (Fsp3) is 0.750. The molecule has 0 atom stereocenters. The van der Waals surface area contributed by atoms with Crippen LogP contribution in [0.4, 0.5) is 4.79 Å². The molecule has 22 heavy (non-hydrogen) atoms. The first-order chi connectivity index (χ1) is 10.7. The average Bonchev–Trinajstić information content (AvgIpc) is 2.86. The van der Waals surface area contributed by atoms with Gasteiger partial charge in [-0.05, 0) is 32.6 Å². The highest BCUT2D eigenvalue weighted by atomic mass is 16.5. The van der Waals surface area contributed by atoms with Gasteiger partial charge in [-0.25, -0.2) is 9.78 Å². The number of rotatable bonds is 6. The molecule has 0 radical (unpaired) electrons. The topological polar surface area (TPSA) is 59.4 Å². The van der Waals surface area contributed by atoms with E-state index in [2.05, 4.69) is 21.8 Å². The van der Waals surface area contributed by atoms with Crippen LogP contribution in [-0.4, -0.2) is 53.8 Å². The summed E-state index contributed by atoms with van der Waals surface area (Å²) < 4.78 is 7.43. The predicted octanol–water partition coefficient (Wildman–Crippen LogP) is 1.82. The number of nitrogens with zero attached hydrogens (tertiary/aromatic N) is 3. The molecule has 0 bridgehead atoms. The SMILES string of the molecule is CCNC(=O)N1CCC(Cc2ncc(C)n2CCOC)CC1. The Morgan fingerprint density at radius 3 is 2.82 bits per heavy atom. The van der Waals surface area contributed by atoms with Crippen molar-refractivity contribution in [3.05, 3.63) is 17.7 Å². The van der Waals surface area contributed by atoms with E-state index >= 15 is 0 Å². The third-order valence-corrected chi connectivity index (χ3v) is 4.36. The van der Waals surface area contributed by atoms with Crippen molar-refractivity contribution in [2.75, 3.05) is 33.4 Å². The molecule has 0 unspecified atom stereocenters. The lowest BCUT2D eigenvalue weighted by molar-refractivity contribution is 0.168. The number of methoxy groups -OCH3 is 1. The van der Waals surface area contributed by atoms with Gasteiger partial charge in [-0.3, -0.25) is 0 Å². The highest BCUT2D eigenvalue weighted by Gasteiger charge is 2.24. The summed E-state index contributed by atoms with van der Waals surface area (Å²) in [6.07, 6.45) is 5.02. The monoisotopic (exact) mass is 308 g/mol. The second-order valence-corrected chi connectivity index (χ2v) is 5.93. The third-order valence-electron chi connectivity index (χ3n) is 4.36. The van der Waals surface area contributed by atoms with Crippen molar-refractivity contribution in [1.29, 1.82) is 0 Å². The van der Waals surface area contributed by atoms with E-state index in [-0.39, 0.29) is 6.03 Å². The lowest BCUT2D eigenvalue weighted by Crippen LogP contribution is -2.44. The number of ether oxygens (including phenoxy) is 1. The molecule has 124 valence electrons. The largest absolute Gasteiger partial charge is 0.383 e. The molecule has 1 aliphatic rings. The lowest BCUT2D eigenvalue weighted by atomic mass is 9.93. The number of carbonyl (C=O) groups excluding carboxylic acids is 1. The maximum atomic E-state index is 11.8. The smallest absolute Gasteiger partial charge is 0.317 e. The summed E-state index contributed by atoms with van der Waals surface area (Å²) in [6.45, 7) is 7.98. The van der Waals surface area contributed by atoms with Crippen LogP contribution in [0.1, 0.15) is 31.3 Å². The van der Waals surface area contributed by atoms with Gasteiger partial charge < -0.3 is 19.5 Å². The lowest BCUT2D eigenvalue weighted by Gasteiger charge is -2.32. The minimum atomic E-state index is 0.0680. The first-order valence-corrected chi connectivity index (χ1v) is 8.18. The van der Waals surface area contributed by atoms with E-state index in [1.54, 1.807) is 7.11 Å². The van der Waals surface area contributed by atoms with Crippen molar-refractivity contribution in [2.24, 2.45) is 5.92 Å². The Hall–Kier alpha value is -1.56. The highest BCUT2D eigenvalue weighted by molar-refractivity contribution is 5.74. The van der Waals surface area contributed by atoms with Crippen molar-refractivity contribution >= 4 is 6.03 Å². The standard InChI is InChI=1S/C16H28N4O2/c1-4-17-16(21)19-7-5-14(6-8-19)11-15-18-12-13(2)20(15)9-10-22-3/h12,14H,4-11H2,1-3H3,(H,17,21). The predicted molar refractivity (Wildman–Crippen MR) is 85.9 cm³/mol. The van der Waals surface area contributed by atoms with Crippen molar-refractivity contribution in [2.45, 2.75) is 39.7 Å². The Labute approximate surface area is 132 Å². The maximum absolute atomic E-state index is 11.8. The summed E-state index contributed by atoms with van der Waals surface area (Å²) in [7, 11) is 1.73. The fourth-order valence-electron chi connectivity index (χ4n) is 3.02. The van der Waals surface area contributed by atoms with Gasteiger partial charge in [-0.2, -0.15) is 0 Å². The zero-order valence-corrected chi connectivity index (χ0v) is 14.0. The van der Waals surface area contributed by atoms with Crippen LogP contribution in [0.3, 0.4) is 0 Å². The van der Waals surface area contributed by atoms with Gasteiger partial charge in [0.1, 0.15) is 5.82 Å². The van der Waals surface area contributed by atoms with Gasteiger partial charge in [-0.15, -0.1) is 0 Å². The normalized spacial score (nSPS) is 16.0. The summed E-state index contributed by atoms with van der Waals surface area (Å²) in [5.41, 5.74) is 1.19. The molecule has 1 aromatic heterocycles. The summed E-state index contributed by atoms with van der Waals surface area (Å²) in [5.74, 6) is 1.75. The van der Waals surface area contributed by atoms with Crippen LogP contribution < -0.4 is 5.32 Å². The molecule has 0 aromatic carbocycles. The molecule has 0 spiro atoms. The quantitative estimate of drug-likeness (QED) is 0.872. The van der Waals surface area contributed by atoms with Crippen LogP contribution in [-0.2, 0) is 17.7 Å². The number of nitrogens with one attached hydrogen (secondary N) is 1. The van der Waals surface area contributed by atoms with Gasteiger partial charge in [-0.1, -0.05) is 0 Å². The van der Waals surface area contributed by atoms with E-state index in [1.807, 2.05) is 18.0 Å². The number of hydrogen-bond acceptors (Lipinski definition) is 3. The first kappa shape index (κ1) is 16.8. The number of hydrogen-bond donors (Lipinski definition) is 1. The molecule has 2 rings (SSSR count). The molecule has 2 heterocycles. The van der Waals surface area contributed by atoms with Gasteiger partial charge in [0.15, 0.2) is 0 Å². The first-order valence-electron chi connectivity index (χ1n) is 8.18. The molecular weight excluding hydrogens is 280 g/mol. The van der Waals surface area contributed by atoms with Crippen LogP contribution in [0, 0.1) is 12.8 Å². The van der Waals surface area contributed by atoms with Crippen molar-refractivity contribution in [1.82, 2.24) is 19.8 Å². The molecule has 1 aliphatic heterocycles. The van der Waals surface area contributed by atoms with E-state index in [0.717, 1.165) is 44.7 Å². The summed E-state index contributed by atoms with van der Waals surface area (Å²) in [4.78, 5) is 18.3. The third kappa shape index (κ3) is 4.22. The number of aryl methyl sites for hydroxylation is 1. The molecular formula is C16H28N4O2. The molecule has 6 nitrogen and oxygen atoms in total. The van der Waals surface area contributed by atoms with Gasteiger partial charge in [0.05, 0.1) is 6.61 Å². The number of piperidine rings is 1. The van der Waals surface area contributed by atoms with E-state index in [0.29, 0.717) is 19.1 Å². The van der Waals surface area contributed by atoms with Crippen LogP contribution >= 0.6 is 0 Å². The zero-order valence-electron chi connectivity index (χ0n) is 14.0. The molecule has 6 heteroatoms. The molecule has 1 N–H and O–H groups in total. The number of imidazole rings is 1. The molecule has 0 saturated carbocycles. The van der Waals surface area contributed by atoms with E-state index in [1.165, 1.54) is 5.69 Å². The molecule has 1 aromatic rings. The summed E-state index contributed by atoms with van der Waals surface area (Å²) in [5, 5.41) is 2.87. The van der Waals surface area contributed by atoms with Crippen molar-refractivity contribution in [3.8, 4) is 0 Å². The van der Waals surface area contributed by atoms with Gasteiger partial charge in [0.25, 0.3) is 0 Å². The van der Waals surface area contributed by atoms with Gasteiger partial charge in [0.2, 0.25) is 0 Å². The summed E-state index contributed by atoms with van der Waals surface area (Å²) >= 11 is 0. The Morgan fingerprint density at radius 1 is 1.45 bits per heavy atom. The number of amides is 2. The molecule has 2 amide bonds. The van der Waals surface area contributed by atoms with Crippen molar-refractivity contribution in [3.63, 3.8) is 0 Å². The number of carbonyl (C=O) groups is 1.